The minimum atomic E-state index is 0.505. The Kier molecular flexibility index (Phi) is 4.41. The van der Waals surface area contributed by atoms with Crippen LogP contribution >= 0.6 is 15.9 Å². The van der Waals surface area contributed by atoms with Crippen LogP contribution in [0.1, 0.15) is 45.0 Å². The lowest BCUT2D eigenvalue weighted by molar-refractivity contribution is 0.395. The molecule has 0 radical (unpaired) electrons. The molecular weight excluding hydrogens is 302 g/mol. The zero-order chi connectivity index (χ0) is 14.2. The second-order valence-electron chi connectivity index (χ2n) is 6.53. The van der Waals surface area contributed by atoms with Crippen LogP contribution < -0.4 is 5.32 Å². The number of nitrogens with zero attached hydrogens (tertiary/aromatic N) is 2. The number of halogens is 1. The zero-order valence-electron chi connectivity index (χ0n) is 12.8. The predicted octanol–water partition coefficient (Wildman–Crippen LogP) is 3.45. The molecule has 1 aromatic heterocycles. The van der Waals surface area contributed by atoms with E-state index in [0.29, 0.717) is 11.5 Å². The molecule has 1 saturated carbocycles. The summed E-state index contributed by atoms with van der Waals surface area (Å²) >= 11 is 3.68. The number of rotatable bonds is 6. The maximum Gasteiger partial charge on any atom is 0.0738 e. The second-order valence-corrected chi connectivity index (χ2v) is 7.33. The molecule has 0 aromatic carbocycles. The Morgan fingerprint density at radius 1 is 1.53 bits per heavy atom. The van der Waals surface area contributed by atoms with Crippen molar-refractivity contribution in [1.82, 2.24) is 15.1 Å². The summed E-state index contributed by atoms with van der Waals surface area (Å²) < 4.78 is 3.20. The van der Waals surface area contributed by atoms with E-state index in [2.05, 4.69) is 54.0 Å². The van der Waals surface area contributed by atoms with E-state index in [4.69, 9.17) is 0 Å². The van der Waals surface area contributed by atoms with Crippen LogP contribution in [0.2, 0.25) is 0 Å². The van der Waals surface area contributed by atoms with Gasteiger partial charge in [0, 0.05) is 19.5 Å². The third-order valence-corrected chi connectivity index (χ3v) is 5.44. The minimum absolute atomic E-state index is 0.505. The lowest BCUT2D eigenvalue weighted by Gasteiger charge is -2.20. The number of aryl methyl sites for hydroxylation is 2. The van der Waals surface area contributed by atoms with E-state index in [1.54, 1.807) is 0 Å². The van der Waals surface area contributed by atoms with Crippen molar-refractivity contribution in [2.45, 2.75) is 53.0 Å². The Morgan fingerprint density at radius 3 is 2.58 bits per heavy atom. The van der Waals surface area contributed by atoms with Crippen molar-refractivity contribution < 1.29 is 0 Å². The summed E-state index contributed by atoms with van der Waals surface area (Å²) in [6.45, 7) is 10.1. The largest absolute Gasteiger partial charge is 0.313 e. The van der Waals surface area contributed by atoms with Crippen LogP contribution in [0.4, 0.5) is 0 Å². The summed E-state index contributed by atoms with van der Waals surface area (Å²) in [5.74, 6) is 0.793. The minimum Gasteiger partial charge on any atom is -0.313 e. The number of hydrogen-bond acceptors (Lipinski definition) is 2. The average molecular weight is 328 g/mol. The SMILES string of the molecule is CCCNC(Cc1c(Br)c(C)nn1C)C1CC1(C)C. The van der Waals surface area contributed by atoms with Crippen LogP contribution in [-0.4, -0.2) is 22.4 Å². The van der Waals surface area contributed by atoms with Gasteiger partial charge < -0.3 is 5.32 Å². The molecule has 1 N–H and O–H groups in total. The van der Waals surface area contributed by atoms with E-state index in [0.717, 1.165) is 24.6 Å². The number of aromatic nitrogens is 2. The molecule has 1 heterocycles. The fraction of sp³-hybridized carbons (Fsp3) is 0.800. The Balaban J connectivity index is 2.11. The molecular formula is C15H26BrN3. The Bertz CT molecular complexity index is 450. The lowest BCUT2D eigenvalue weighted by Crippen LogP contribution is -2.35. The van der Waals surface area contributed by atoms with Gasteiger partial charge in [0.25, 0.3) is 0 Å². The van der Waals surface area contributed by atoms with Gasteiger partial charge in [-0.2, -0.15) is 5.10 Å². The van der Waals surface area contributed by atoms with Gasteiger partial charge in [-0.3, -0.25) is 4.68 Å². The van der Waals surface area contributed by atoms with Gasteiger partial charge >= 0.3 is 0 Å². The van der Waals surface area contributed by atoms with E-state index >= 15 is 0 Å². The van der Waals surface area contributed by atoms with Gasteiger partial charge in [-0.15, -0.1) is 0 Å². The molecule has 0 aliphatic heterocycles. The van der Waals surface area contributed by atoms with Crippen molar-refractivity contribution >= 4 is 15.9 Å². The molecule has 0 bridgehead atoms. The number of hydrogen-bond donors (Lipinski definition) is 1. The molecule has 1 fully saturated rings. The quantitative estimate of drug-likeness (QED) is 0.867. The van der Waals surface area contributed by atoms with Gasteiger partial charge in [-0.05, 0) is 53.6 Å². The third-order valence-electron chi connectivity index (χ3n) is 4.41. The lowest BCUT2D eigenvalue weighted by atomic mass is 9.99. The van der Waals surface area contributed by atoms with E-state index in [1.807, 2.05) is 11.7 Å². The van der Waals surface area contributed by atoms with Gasteiger partial charge in [0.15, 0.2) is 0 Å². The molecule has 4 heteroatoms. The normalized spacial score (nSPS) is 22.5. The van der Waals surface area contributed by atoms with Crippen LogP contribution in [0.25, 0.3) is 0 Å². The smallest absolute Gasteiger partial charge is 0.0738 e. The fourth-order valence-electron chi connectivity index (χ4n) is 2.99. The van der Waals surface area contributed by atoms with E-state index in [-0.39, 0.29) is 0 Å². The molecule has 1 aliphatic rings. The molecule has 0 saturated heterocycles. The molecule has 3 nitrogen and oxygen atoms in total. The highest BCUT2D eigenvalue weighted by Gasteiger charge is 2.49. The van der Waals surface area contributed by atoms with Gasteiger partial charge in [-0.25, -0.2) is 0 Å². The summed E-state index contributed by atoms with van der Waals surface area (Å²) in [7, 11) is 2.04. The summed E-state index contributed by atoms with van der Waals surface area (Å²) in [6, 6.07) is 0.570. The van der Waals surface area contributed by atoms with Gasteiger partial charge in [0.1, 0.15) is 0 Å². The van der Waals surface area contributed by atoms with E-state index in [1.165, 1.54) is 23.0 Å². The van der Waals surface area contributed by atoms with Crippen LogP contribution in [0.3, 0.4) is 0 Å². The first-order valence-corrected chi connectivity index (χ1v) is 8.07. The average Bonchev–Trinajstić information content (AvgIpc) is 2.90. The molecule has 108 valence electrons. The molecule has 0 amide bonds. The van der Waals surface area contributed by atoms with E-state index in [9.17, 15) is 0 Å². The molecule has 19 heavy (non-hydrogen) atoms. The van der Waals surface area contributed by atoms with Crippen molar-refractivity contribution in [1.29, 1.82) is 0 Å². The van der Waals surface area contributed by atoms with Crippen molar-refractivity contribution in [2.75, 3.05) is 6.54 Å². The van der Waals surface area contributed by atoms with Crippen molar-refractivity contribution in [3.63, 3.8) is 0 Å². The maximum absolute atomic E-state index is 4.50. The first-order chi connectivity index (χ1) is 8.86. The maximum atomic E-state index is 4.50. The van der Waals surface area contributed by atoms with Crippen molar-refractivity contribution in [2.24, 2.45) is 18.4 Å². The molecule has 1 aliphatic carbocycles. The van der Waals surface area contributed by atoms with Crippen LogP contribution in [0.15, 0.2) is 4.47 Å². The van der Waals surface area contributed by atoms with Crippen molar-refractivity contribution in [3.8, 4) is 0 Å². The first kappa shape index (κ1) is 15.0. The zero-order valence-corrected chi connectivity index (χ0v) is 14.3. The Hall–Kier alpha value is -0.350. The first-order valence-electron chi connectivity index (χ1n) is 7.28. The van der Waals surface area contributed by atoms with Crippen LogP contribution in [0, 0.1) is 18.3 Å². The predicted molar refractivity (Wildman–Crippen MR) is 83.3 cm³/mol. The molecule has 2 atom stereocenters. The summed E-state index contributed by atoms with van der Waals surface area (Å²) in [6.07, 6.45) is 3.59. The summed E-state index contributed by atoms with van der Waals surface area (Å²) in [5.41, 5.74) is 2.90. The van der Waals surface area contributed by atoms with Gasteiger partial charge in [0.05, 0.1) is 15.9 Å². The highest BCUT2D eigenvalue weighted by molar-refractivity contribution is 9.10. The molecule has 2 unspecified atom stereocenters. The monoisotopic (exact) mass is 327 g/mol. The molecule has 1 aromatic rings. The molecule has 2 rings (SSSR count). The van der Waals surface area contributed by atoms with Gasteiger partial charge in [0.2, 0.25) is 0 Å². The topological polar surface area (TPSA) is 29.9 Å². The highest BCUT2D eigenvalue weighted by atomic mass is 79.9. The molecule has 0 spiro atoms. The van der Waals surface area contributed by atoms with Crippen LogP contribution in [0.5, 0.6) is 0 Å². The van der Waals surface area contributed by atoms with Gasteiger partial charge in [-0.1, -0.05) is 20.8 Å². The standard InChI is InChI=1S/C15H26BrN3/c1-6-7-17-12(11-9-15(11,3)4)8-13-14(16)10(2)18-19(13)5/h11-12,17H,6-9H2,1-5H3. The Labute approximate surface area is 125 Å². The summed E-state index contributed by atoms with van der Waals surface area (Å²) in [4.78, 5) is 0. The third kappa shape index (κ3) is 3.22. The fourth-order valence-corrected chi connectivity index (χ4v) is 3.49. The Morgan fingerprint density at radius 2 is 2.16 bits per heavy atom. The van der Waals surface area contributed by atoms with E-state index < -0.39 is 0 Å². The number of nitrogens with one attached hydrogen (secondary N) is 1. The second kappa shape index (κ2) is 5.57. The summed E-state index contributed by atoms with van der Waals surface area (Å²) in [5, 5.41) is 8.24. The highest BCUT2D eigenvalue weighted by Crippen LogP contribution is 2.54. The van der Waals surface area contributed by atoms with Crippen molar-refractivity contribution in [3.05, 3.63) is 15.9 Å². The van der Waals surface area contributed by atoms with Crippen LogP contribution in [-0.2, 0) is 13.5 Å².